The molecule has 0 atom stereocenters. The lowest BCUT2D eigenvalue weighted by molar-refractivity contribution is 0.414. The van der Waals surface area contributed by atoms with E-state index in [9.17, 15) is 0 Å². The fourth-order valence-corrected chi connectivity index (χ4v) is 2.17. The van der Waals surface area contributed by atoms with Gasteiger partial charge in [-0.3, -0.25) is 0 Å². The maximum absolute atomic E-state index is 6.07. The molecule has 0 radical (unpaired) electrons. The summed E-state index contributed by atoms with van der Waals surface area (Å²) in [7, 11) is 1.67. The third kappa shape index (κ3) is 3.26. The number of hydrogen-bond acceptors (Lipinski definition) is 3. The van der Waals surface area contributed by atoms with E-state index in [1.165, 1.54) is 5.56 Å². The highest BCUT2D eigenvalue weighted by Gasteiger charge is 2.13. The minimum atomic E-state index is 0.316. The first-order chi connectivity index (χ1) is 9.11. The van der Waals surface area contributed by atoms with Crippen LogP contribution in [0, 0.1) is 0 Å². The zero-order chi connectivity index (χ0) is 13.8. The van der Waals surface area contributed by atoms with Crippen LogP contribution in [0.3, 0.4) is 0 Å². The monoisotopic (exact) mass is 279 g/mol. The number of halogens is 1. The van der Waals surface area contributed by atoms with E-state index < -0.39 is 0 Å². The number of nitrogens with zero attached hydrogens (tertiary/aromatic N) is 3. The zero-order valence-corrected chi connectivity index (χ0v) is 12.2. The maximum atomic E-state index is 6.07. The number of methoxy groups -OCH3 is 1. The SMILES string of the molecule is COc1ccc(CCn2c(Cl)nnc2C(C)C)cc1. The minimum Gasteiger partial charge on any atom is -0.497 e. The van der Waals surface area contributed by atoms with Crippen LogP contribution in [-0.2, 0) is 13.0 Å². The summed E-state index contributed by atoms with van der Waals surface area (Å²) in [6.45, 7) is 4.96. The second-order valence-electron chi connectivity index (χ2n) is 4.73. The highest BCUT2D eigenvalue weighted by atomic mass is 35.5. The number of aromatic nitrogens is 3. The average molecular weight is 280 g/mol. The topological polar surface area (TPSA) is 39.9 Å². The van der Waals surface area contributed by atoms with Crippen molar-refractivity contribution in [1.82, 2.24) is 14.8 Å². The Balaban J connectivity index is 2.07. The average Bonchev–Trinajstić information content (AvgIpc) is 2.78. The van der Waals surface area contributed by atoms with Gasteiger partial charge in [0.25, 0.3) is 0 Å². The van der Waals surface area contributed by atoms with Crippen LogP contribution >= 0.6 is 11.6 Å². The first-order valence-corrected chi connectivity index (χ1v) is 6.71. The Labute approximate surface area is 118 Å². The normalized spacial score (nSPS) is 11.0. The van der Waals surface area contributed by atoms with Crippen LogP contribution in [0.25, 0.3) is 0 Å². The van der Waals surface area contributed by atoms with Gasteiger partial charge in [-0.25, -0.2) is 0 Å². The summed E-state index contributed by atoms with van der Waals surface area (Å²) in [5.74, 6) is 2.11. The van der Waals surface area contributed by atoms with Gasteiger partial charge in [0.05, 0.1) is 7.11 Å². The molecule has 2 aromatic rings. The molecule has 0 saturated carbocycles. The van der Waals surface area contributed by atoms with E-state index in [1.807, 2.05) is 16.7 Å². The summed E-state index contributed by atoms with van der Waals surface area (Å²) >= 11 is 6.07. The van der Waals surface area contributed by atoms with Gasteiger partial charge in [0.15, 0.2) is 0 Å². The molecule has 0 bridgehead atoms. The highest BCUT2D eigenvalue weighted by molar-refractivity contribution is 6.28. The highest BCUT2D eigenvalue weighted by Crippen LogP contribution is 2.18. The quantitative estimate of drug-likeness (QED) is 0.843. The van der Waals surface area contributed by atoms with Crippen LogP contribution in [0.1, 0.15) is 31.2 Å². The van der Waals surface area contributed by atoms with Crippen molar-refractivity contribution in [2.75, 3.05) is 7.11 Å². The van der Waals surface area contributed by atoms with Crippen molar-refractivity contribution in [1.29, 1.82) is 0 Å². The molecule has 1 aromatic heterocycles. The molecule has 19 heavy (non-hydrogen) atoms. The number of hydrogen-bond donors (Lipinski definition) is 0. The second-order valence-corrected chi connectivity index (χ2v) is 5.07. The molecule has 0 fully saturated rings. The maximum Gasteiger partial charge on any atom is 0.225 e. The molecule has 5 heteroatoms. The van der Waals surface area contributed by atoms with Crippen molar-refractivity contribution in [3.8, 4) is 5.75 Å². The lowest BCUT2D eigenvalue weighted by Gasteiger charge is -2.10. The smallest absolute Gasteiger partial charge is 0.225 e. The second kappa shape index (κ2) is 6.06. The number of aryl methyl sites for hydroxylation is 1. The summed E-state index contributed by atoms with van der Waals surface area (Å²) in [5.41, 5.74) is 1.24. The van der Waals surface area contributed by atoms with Crippen molar-refractivity contribution in [2.45, 2.75) is 32.7 Å². The van der Waals surface area contributed by atoms with Gasteiger partial charge >= 0.3 is 0 Å². The van der Waals surface area contributed by atoms with Gasteiger partial charge in [0.1, 0.15) is 11.6 Å². The fraction of sp³-hybridized carbons (Fsp3) is 0.429. The molecule has 0 unspecified atom stereocenters. The van der Waals surface area contributed by atoms with E-state index >= 15 is 0 Å². The summed E-state index contributed by atoms with van der Waals surface area (Å²) < 4.78 is 7.11. The molecule has 0 aliphatic carbocycles. The van der Waals surface area contributed by atoms with E-state index in [0.717, 1.165) is 24.5 Å². The largest absolute Gasteiger partial charge is 0.497 e. The van der Waals surface area contributed by atoms with E-state index in [1.54, 1.807) is 7.11 Å². The van der Waals surface area contributed by atoms with Crippen molar-refractivity contribution < 1.29 is 4.74 Å². The lowest BCUT2D eigenvalue weighted by Crippen LogP contribution is -2.08. The van der Waals surface area contributed by atoms with Crippen molar-refractivity contribution in [2.24, 2.45) is 0 Å². The molecule has 1 aromatic carbocycles. The number of benzene rings is 1. The molecular weight excluding hydrogens is 262 g/mol. The molecule has 0 spiro atoms. The first kappa shape index (κ1) is 13.9. The van der Waals surface area contributed by atoms with Gasteiger partial charge in [-0.2, -0.15) is 0 Å². The molecule has 0 N–H and O–H groups in total. The predicted molar refractivity (Wildman–Crippen MR) is 75.8 cm³/mol. The molecule has 0 amide bonds. The molecule has 0 aliphatic heterocycles. The van der Waals surface area contributed by atoms with Gasteiger partial charge in [0.2, 0.25) is 5.28 Å². The minimum absolute atomic E-state index is 0.316. The third-order valence-electron chi connectivity index (χ3n) is 3.03. The summed E-state index contributed by atoms with van der Waals surface area (Å²) in [6, 6.07) is 8.05. The zero-order valence-electron chi connectivity index (χ0n) is 11.4. The molecule has 0 saturated heterocycles. The van der Waals surface area contributed by atoms with E-state index in [2.05, 4.69) is 36.2 Å². The molecule has 4 nitrogen and oxygen atoms in total. The standard InChI is InChI=1S/C14H18ClN3O/c1-10(2)13-16-17-14(15)18(13)9-8-11-4-6-12(19-3)7-5-11/h4-7,10H,8-9H2,1-3H3. The number of ether oxygens (including phenoxy) is 1. The van der Waals surface area contributed by atoms with E-state index in [4.69, 9.17) is 16.3 Å². The van der Waals surface area contributed by atoms with Crippen LogP contribution in [-0.4, -0.2) is 21.9 Å². The molecule has 0 aliphatic rings. The Morgan fingerprint density at radius 3 is 2.47 bits per heavy atom. The Morgan fingerprint density at radius 2 is 1.89 bits per heavy atom. The van der Waals surface area contributed by atoms with Crippen LogP contribution in [0.2, 0.25) is 5.28 Å². The van der Waals surface area contributed by atoms with Gasteiger partial charge < -0.3 is 9.30 Å². The Bertz CT molecular complexity index is 534. The van der Waals surface area contributed by atoms with Crippen LogP contribution in [0.5, 0.6) is 5.75 Å². The van der Waals surface area contributed by atoms with Gasteiger partial charge in [-0.15, -0.1) is 10.2 Å². The van der Waals surface area contributed by atoms with Crippen molar-refractivity contribution >= 4 is 11.6 Å². The van der Waals surface area contributed by atoms with Crippen molar-refractivity contribution in [3.05, 3.63) is 40.9 Å². The van der Waals surface area contributed by atoms with E-state index in [0.29, 0.717) is 11.2 Å². The fourth-order valence-electron chi connectivity index (χ4n) is 1.96. The Hall–Kier alpha value is -1.55. The first-order valence-electron chi connectivity index (χ1n) is 6.33. The van der Waals surface area contributed by atoms with Gasteiger partial charge in [0, 0.05) is 12.5 Å². The predicted octanol–water partition coefficient (Wildman–Crippen LogP) is 3.31. The Morgan fingerprint density at radius 1 is 1.21 bits per heavy atom. The number of rotatable bonds is 5. The van der Waals surface area contributed by atoms with E-state index in [-0.39, 0.29) is 0 Å². The Kier molecular flexibility index (Phi) is 4.43. The summed E-state index contributed by atoms with van der Waals surface area (Å²) in [4.78, 5) is 0. The molecule has 102 valence electrons. The third-order valence-corrected chi connectivity index (χ3v) is 3.31. The summed E-state index contributed by atoms with van der Waals surface area (Å²) in [6.07, 6.45) is 0.890. The summed E-state index contributed by atoms with van der Waals surface area (Å²) in [5, 5.41) is 8.51. The van der Waals surface area contributed by atoms with Crippen LogP contribution in [0.15, 0.2) is 24.3 Å². The molecule has 2 rings (SSSR count). The lowest BCUT2D eigenvalue weighted by atomic mass is 10.1. The van der Waals surface area contributed by atoms with Crippen molar-refractivity contribution in [3.63, 3.8) is 0 Å². The molecular formula is C14H18ClN3O. The molecule has 1 heterocycles. The van der Waals surface area contributed by atoms with Gasteiger partial charge in [-0.1, -0.05) is 26.0 Å². The van der Waals surface area contributed by atoms with Crippen LogP contribution < -0.4 is 4.74 Å². The van der Waals surface area contributed by atoms with Gasteiger partial charge in [-0.05, 0) is 35.7 Å². The van der Waals surface area contributed by atoms with Crippen LogP contribution in [0.4, 0.5) is 0 Å².